The van der Waals surface area contributed by atoms with E-state index in [-0.39, 0.29) is 0 Å². The molecule has 24 heavy (non-hydrogen) atoms. The maximum atomic E-state index is 5.09. The molecule has 0 spiro atoms. The van der Waals surface area contributed by atoms with Gasteiger partial charge in [-0.05, 0) is 37.3 Å². The lowest BCUT2D eigenvalue weighted by atomic mass is 10.3. The van der Waals surface area contributed by atoms with Gasteiger partial charge in [-0.2, -0.15) is 0 Å². The van der Waals surface area contributed by atoms with Crippen molar-refractivity contribution in [3.8, 4) is 0 Å². The smallest absolute Gasteiger partial charge is 0.192 e. The number of nitrogens with one attached hydrogen (secondary N) is 2. The summed E-state index contributed by atoms with van der Waals surface area (Å²) in [4.78, 5) is 5.95. The van der Waals surface area contributed by atoms with E-state index in [1.807, 2.05) is 18.5 Å². The first kappa shape index (κ1) is 18.4. The fraction of sp³-hybridized carbons (Fsp3) is 0.562. The SMILES string of the molecule is COCCCNC(=NCc1nnc(C)n1C)NCc1sccc1C. The van der Waals surface area contributed by atoms with Gasteiger partial charge in [0.2, 0.25) is 0 Å². The highest BCUT2D eigenvalue weighted by molar-refractivity contribution is 7.10. The molecule has 8 heteroatoms. The molecule has 0 bridgehead atoms. The molecular formula is C16H26N6OS. The van der Waals surface area contributed by atoms with Crippen LogP contribution in [0.4, 0.5) is 0 Å². The minimum Gasteiger partial charge on any atom is -0.385 e. The van der Waals surface area contributed by atoms with E-state index in [0.717, 1.165) is 43.7 Å². The van der Waals surface area contributed by atoms with Crippen LogP contribution in [0.1, 0.15) is 28.5 Å². The largest absolute Gasteiger partial charge is 0.385 e. The van der Waals surface area contributed by atoms with Crippen LogP contribution in [0.25, 0.3) is 0 Å². The Kier molecular flexibility index (Phi) is 7.20. The maximum Gasteiger partial charge on any atom is 0.192 e. The summed E-state index contributed by atoms with van der Waals surface area (Å²) in [6.07, 6.45) is 0.929. The lowest BCUT2D eigenvalue weighted by Gasteiger charge is -2.12. The molecule has 2 rings (SSSR count). The molecule has 0 atom stereocenters. The predicted molar refractivity (Wildman–Crippen MR) is 97.3 cm³/mol. The molecule has 0 aliphatic heterocycles. The molecule has 0 aromatic carbocycles. The van der Waals surface area contributed by atoms with Gasteiger partial charge in [-0.15, -0.1) is 21.5 Å². The summed E-state index contributed by atoms with van der Waals surface area (Å²) >= 11 is 1.75. The molecule has 132 valence electrons. The molecule has 0 aliphatic carbocycles. The number of hydrogen-bond donors (Lipinski definition) is 2. The monoisotopic (exact) mass is 350 g/mol. The summed E-state index contributed by atoms with van der Waals surface area (Å²) in [6, 6.07) is 2.13. The van der Waals surface area contributed by atoms with Gasteiger partial charge in [-0.1, -0.05) is 0 Å². The van der Waals surface area contributed by atoms with Gasteiger partial charge in [-0.3, -0.25) is 0 Å². The fourth-order valence-corrected chi connectivity index (χ4v) is 2.93. The number of thiophene rings is 1. The summed E-state index contributed by atoms with van der Waals surface area (Å²) in [6.45, 7) is 6.84. The van der Waals surface area contributed by atoms with Crippen molar-refractivity contribution >= 4 is 17.3 Å². The molecule has 0 unspecified atom stereocenters. The predicted octanol–water partition coefficient (Wildman–Crippen LogP) is 1.77. The molecule has 0 saturated heterocycles. The molecule has 0 saturated carbocycles. The Hall–Kier alpha value is -1.93. The highest BCUT2D eigenvalue weighted by Gasteiger charge is 2.06. The molecule has 2 N–H and O–H groups in total. The number of methoxy groups -OCH3 is 1. The Morgan fingerprint density at radius 3 is 2.79 bits per heavy atom. The second-order valence-corrected chi connectivity index (χ2v) is 6.54. The van der Waals surface area contributed by atoms with Crippen molar-refractivity contribution in [3.05, 3.63) is 33.5 Å². The van der Waals surface area contributed by atoms with Crippen LogP contribution >= 0.6 is 11.3 Å². The topological polar surface area (TPSA) is 76.4 Å². The van der Waals surface area contributed by atoms with Crippen LogP contribution in [0, 0.1) is 13.8 Å². The van der Waals surface area contributed by atoms with Crippen LogP contribution in [0.5, 0.6) is 0 Å². The first-order valence-corrected chi connectivity index (χ1v) is 8.88. The van der Waals surface area contributed by atoms with E-state index in [1.54, 1.807) is 18.4 Å². The van der Waals surface area contributed by atoms with Crippen LogP contribution < -0.4 is 10.6 Å². The van der Waals surface area contributed by atoms with Gasteiger partial charge in [0.05, 0.1) is 6.54 Å². The number of aliphatic imine (C=N–C) groups is 1. The van der Waals surface area contributed by atoms with Crippen molar-refractivity contribution in [3.63, 3.8) is 0 Å². The first-order chi connectivity index (χ1) is 11.6. The Morgan fingerprint density at radius 1 is 1.33 bits per heavy atom. The Labute approximate surface area is 147 Å². The molecule has 0 amide bonds. The Morgan fingerprint density at radius 2 is 2.17 bits per heavy atom. The third-order valence-electron chi connectivity index (χ3n) is 3.76. The van der Waals surface area contributed by atoms with Crippen LogP contribution in [0.2, 0.25) is 0 Å². The van der Waals surface area contributed by atoms with E-state index in [2.05, 4.69) is 44.2 Å². The highest BCUT2D eigenvalue weighted by Crippen LogP contribution is 2.14. The Bertz CT molecular complexity index is 663. The lowest BCUT2D eigenvalue weighted by molar-refractivity contribution is 0.195. The van der Waals surface area contributed by atoms with E-state index in [0.29, 0.717) is 6.54 Å². The molecule has 0 aliphatic rings. The minimum atomic E-state index is 0.486. The third kappa shape index (κ3) is 5.31. The van der Waals surface area contributed by atoms with Gasteiger partial charge in [0.25, 0.3) is 0 Å². The van der Waals surface area contributed by atoms with Gasteiger partial charge in [0.15, 0.2) is 11.8 Å². The average molecular weight is 350 g/mol. The van der Waals surface area contributed by atoms with Crippen molar-refractivity contribution in [1.29, 1.82) is 0 Å². The third-order valence-corrected chi connectivity index (χ3v) is 4.79. The van der Waals surface area contributed by atoms with Crippen LogP contribution in [-0.4, -0.2) is 41.0 Å². The van der Waals surface area contributed by atoms with E-state index in [9.17, 15) is 0 Å². The second kappa shape index (κ2) is 9.39. The Balaban J connectivity index is 1.96. The number of hydrogen-bond acceptors (Lipinski definition) is 5. The number of rotatable bonds is 8. The number of nitrogens with zero attached hydrogens (tertiary/aromatic N) is 4. The molecular weight excluding hydrogens is 324 g/mol. The maximum absolute atomic E-state index is 5.09. The second-order valence-electron chi connectivity index (χ2n) is 5.54. The van der Waals surface area contributed by atoms with Gasteiger partial charge in [0.1, 0.15) is 12.4 Å². The molecule has 0 radical (unpaired) electrons. The molecule has 2 aromatic heterocycles. The van der Waals surface area contributed by atoms with Crippen molar-refractivity contribution in [2.75, 3.05) is 20.3 Å². The van der Waals surface area contributed by atoms with Crippen molar-refractivity contribution in [2.45, 2.75) is 33.4 Å². The summed E-state index contributed by atoms with van der Waals surface area (Å²) in [5.74, 6) is 2.51. The van der Waals surface area contributed by atoms with Crippen LogP contribution in [0.3, 0.4) is 0 Å². The van der Waals surface area contributed by atoms with Gasteiger partial charge in [0, 0.05) is 32.2 Å². The number of aromatic nitrogens is 3. The minimum absolute atomic E-state index is 0.486. The summed E-state index contributed by atoms with van der Waals surface area (Å²) in [7, 11) is 3.66. The molecule has 0 fully saturated rings. The van der Waals surface area contributed by atoms with E-state index < -0.39 is 0 Å². The molecule has 2 heterocycles. The standard InChI is InChI=1S/C16H26N6OS/c1-12-6-9-24-14(12)10-18-16(17-7-5-8-23-4)19-11-15-21-20-13(2)22(15)3/h6,9H,5,7-8,10-11H2,1-4H3,(H2,17,18,19). The number of aryl methyl sites for hydroxylation is 2. The van der Waals surface area contributed by atoms with Gasteiger partial charge in [-0.25, -0.2) is 4.99 Å². The summed E-state index contributed by atoms with van der Waals surface area (Å²) in [5, 5.41) is 17.1. The van der Waals surface area contributed by atoms with Gasteiger partial charge < -0.3 is 19.9 Å². The lowest BCUT2D eigenvalue weighted by Crippen LogP contribution is -2.37. The van der Waals surface area contributed by atoms with Gasteiger partial charge >= 0.3 is 0 Å². The average Bonchev–Trinajstić information content (AvgIpc) is 3.13. The molecule has 2 aromatic rings. The fourth-order valence-electron chi connectivity index (χ4n) is 2.09. The highest BCUT2D eigenvalue weighted by atomic mass is 32.1. The van der Waals surface area contributed by atoms with Crippen molar-refractivity contribution < 1.29 is 4.74 Å². The summed E-state index contributed by atoms with van der Waals surface area (Å²) < 4.78 is 7.04. The quantitative estimate of drug-likeness (QED) is 0.431. The number of ether oxygens (including phenoxy) is 1. The van der Waals surface area contributed by atoms with Crippen LogP contribution in [0.15, 0.2) is 16.4 Å². The zero-order valence-corrected chi connectivity index (χ0v) is 15.6. The van der Waals surface area contributed by atoms with E-state index in [1.165, 1.54) is 10.4 Å². The van der Waals surface area contributed by atoms with E-state index >= 15 is 0 Å². The van der Waals surface area contributed by atoms with Crippen LogP contribution in [-0.2, 0) is 24.9 Å². The van der Waals surface area contributed by atoms with E-state index in [4.69, 9.17) is 4.74 Å². The zero-order valence-electron chi connectivity index (χ0n) is 14.8. The normalized spacial score (nSPS) is 11.8. The van der Waals surface area contributed by atoms with Crippen molar-refractivity contribution in [1.82, 2.24) is 25.4 Å². The summed E-state index contributed by atoms with van der Waals surface area (Å²) in [5.41, 5.74) is 1.30. The first-order valence-electron chi connectivity index (χ1n) is 8.00. The zero-order chi connectivity index (χ0) is 17.4. The van der Waals surface area contributed by atoms with Crippen molar-refractivity contribution in [2.24, 2.45) is 12.0 Å². The molecule has 7 nitrogen and oxygen atoms in total. The number of guanidine groups is 1.